The Bertz CT molecular complexity index is 247. The molecule has 0 aliphatic carbocycles. The second-order valence-electron chi connectivity index (χ2n) is 1.76. The Kier molecular flexibility index (Phi) is 2.19. The smallest absolute Gasteiger partial charge is 0.142 e. The van der Waals surface area contributed by atoms with Gasteiger partial charge in [-0.05, 0) is 11.4 Å². The highest BCUT2D eigenvalue weighted by atomic mass is 32.1. The van der Waals surface area contributed by atoms with E-state index in [0.29, 0.717) is 6.29 Å². The SMILES string of the molecule is N#CC(C=O)c1cccs1. The minimum absolute atomic E-state index is 0.569. The molecule has 0 spiro atoms. The van der Waals surface area contributed by atoms with Crippen molar-refractivity contribution < 1.29 is 4.79 Å². The van der Waals surface area contributed by atoms with Crippen molar-refractivity contribution in [2.45, 2.75) is 5.92 Å². The first-order valence-corrected chi connectivity index (χ1v) is 3.64. The van der Waals surface area contributed by atoms with Crippen LogP contribution in [0, 0.1) is 11.3 Å². The predicted molar refractivity (Wildman–Crippen MR) is 38.7 cm³/mol. The molecule has 0 saturated carbocycles. The summed E-state index contributed by atoms with van der Waals surface area (Å²) >= 11 is 1.43. The van der Waals surface area contributed by atoms with E-state index in [9.17, 15) is 4.79 Å². The van der Waals surface area contributed by atoms with Crippen molar-refractivity contribution in [2.75, 3.05) is 0 Å². The first-order chi connectivity index (χ1) is 4.88. The molecule has 50 valence electrons. The van der Waals surface area contributed by atoms with Gasteiger partial charge in [0, 0.05) is 4.88 Å². The largest absolute Gasteiger partial charge is 0.302 e. The van der Waals surface area contributed by atoms with Gasteiger partial charge in [-0.2, -0.15) is 5.26 Å². The molecule has 1 aromatic rings. The van der Waals surface area contributed by atoms with Gasteiger partial charge < -0.3 is 4.79 Å². The van der Waals surface area contributed by atoms with Crippen LogP contribution in [0.1, 0.15) is 10.8 Å². The van der Waals surface area contributed by atoms with Crippen molar-refractivity contribution in [2.24, 2.45) is 0 Å². The second-order valence-corrected chi connectivity index (χ2v) is 2.74. The van der Waals surface area contributed by atoms with Crippen LogP contribution in [0.3, 0.4) is 0 Å². The quantitative estimate of drug-likeness (QED) is 0.602. The molecule has 0 amide bonds. The molecule has 0 radical (unpaired) electrons. The van der Waals surface area contributed by atoms with Crippen LogP contribution in [0.2, 0.25) is 0 Å². The lowest BCUT2D eigenvalue weighted by molar-refractivity contribution is -0.108. The second kappa shape index (κ2) is 3.14. The molecule has 3 heteroatoms. The van der Waals surface area contributed by atoms with E-state index in [4.69, 9.17) is 5.26 Å². The van der Waals surface area contributed by atoms with Gasteiger partial charge in [0.1, 0.15) is 12.2 Å². The van der Waals surface area contributed by atoms with E-state index in [0.717, 1.165) is 4.88 Å². The highest BCUT2D eigenvalue weighted by molar-refractivity contribution is 7.10. The molecule has 2 nitrogen and oxygen atoms in total. The molecular weight excluding hydrogens is 146 g/mol. The summed E-state index contributed by atoms with van der Waals surface area (Å²) in [5.41, 5.74) is 0. The Hall–Kier alpha value is -1.14. The minimum Gasteiger partial charge on any atom is -0.302 e. The lowest BCUT2D eigenvalue weighted by Crippen LogP contribution is -1.91. The average Bonchev–Trinajstić information content (AvgIpc) is 2.43. The minimum atomic E-state index is -0.569. The maximum Gasteiger partial charge on any atom is 0.142 e. The standard InChI is InChI=1S/C7H5NOS/c8-4-6(5-9)7-2-1-3-10-7/h1-3,5-6H. The Morgan fingerprint density at radius 2 is 2.60 bits per heavy atom. The van der Waals surface area contributed by atoms with Crippen LogP contribution in [0.25, 0.3) is 0 Å². The van der Waals surface area contributed by atoms with Crippen LogP contribution in [0.5, 0.6) is 0 Å². The van der Waals surface area contributed by atoms with Gasteiger partial charge in [-0.25, -0.2) is 0 Å². The van der Waals surface area contributed by atoms with E-state index in [2.05, 4.69) is 0 Å². The average molecular weight is 151 g/mol. The maximum absolute atomic E-state index is 10.2. The normalized spacial score (nSPS) is 11.9. The van der Waals surface area contributed by atoms with Crippen LogP contribution in [0.15, 0.2) is 17.5 Å². The van der Waals surface area contributed by atoms with Crippen molar-refractivity contribution in [1.29, 1.82) is 5.26 Å². The zero-order chi connectivity index (χ0) is 7.40. The fraction of sp³-hybridized carbons (Fsp3) is 0.143. The summed E-state index contributed by atoms with van der Waals surface area (Å²) in [4.78, 5) is 11.0. The Balaban J connectivity index is 2.86. The van der Waals surface area contributed by atoms with Crippen molar-refractivity contribution >= 4 is 17.6 Å². The van der Waals surface area contributed by atoms with Crippen molar-refractivity contribution in [3.8, 4) is 6.07 Å². The number of nitriles is 1. The van der Waals surface area contributed by atoms with Crippen LogP contribution >= 0.6 is 11.3 Å². The monoisotopic (exact) mass is 151 g/mol. The first kappa shape index (κ1) is 6.97. The molecule has 0 N–H and O–H groups in total. The maximum atomic E-state index is 10.2. The summed E-state index contributed by atoms with van der Waals surface area (Å²) in [5, 5.41) is 10.3. The van der Waals surface area contributed by atoms with E-state index in [-0.39, 0.29) is 0 Å². The number of rotatable bonds is 2. The van der Waals surface area contributed by atoms with Gasteiger partial charge in [-0.15, -0.1) is 11.3 Å². The topological polar surface area (TPSA) is 40.9 Å². The summed E-state index contributed by atoms with van der Waals surface area (Å²) in [6.07, 6.45) is 0.659. The Morgan fingerprint density at radius 3 is 3.00 bits per heavy atom. The number of hydrogen-bond donors (Lipinski definition) is 0. The van der Waals surface area contributed by atoms with E-state index >= 15 is 0 Å². The molecule has 0 aromatic carbocycles. The molecule has 0 aliphatic heterocycles. The third-order valence-corrected chi connectivity index (χ3v) is 2.08. The van der Waals surface area contributed by atoms with Gasteiger partial charge in [-0.1, -0.05) is 6.07 Å². The van der Waals surface area contributed by atoms with Crippen molar-refractivity contribution in [1.82, 2.24) is 0 Å². The van der Waals surface area contributed by atoms with Gasteiger partial charge >= 0.3 is 0 Å². The van der Waals surface area contributed by atoms with Crippen LogP contribution < -0.4 is 0 Å². The summed E-state index contributed by atoms with van der Waals surface area (Å²) < 4.78 is 0. The molecule has 1 rings (SSSR count). The van der Waals surface area contributed by atoms with Gasteiger partial charge in [0.15, 0.2) is 0 Å². The zero-order valence-corrected chi connectivity index (χ0v) is 5.97. The number of carbonyl (C=O) groups excluding carboxylic acids is 1. The Labute approximate surface area is 62.7 Å². The van der Waals surface area contributed by atoms with Crippen LogP contribution in [-0.2, 0) is 4.79 Å². The lowest BCUT2D eigenvalue weighted by atomic mass is 10.2. The molecule has 0 bridgehead atoms. The summed E-state index contributed by atoms with van der Waals surface area (Å²) in [5.74, 6) is -0.569. The lowest BCUT2D eigenvalue weighted by Gasteiger charge is -1.91. The van der Waals surface area contributed by atoms with Gasteiger partial charge in [0.05, 0.1) is 6.07 Å². The molecule has 10 heavy (non-hydrogen) atoms. The predicted octanol–water partition coefficient (Wildman–Crippen LogP) is 1.55. The molecule has 0 fully saturated rings. The summed E-state index contributed by atoms with van der Waals surface area (Å²) in [7, 11) is 0. The highest BCUT2D eigenvalue weighted by Gasteiger charge is 2.08. The molecule has 0 saturated heterocycles. The first-order valence-electron chi connectivity index (χ1n) is 2.77. The number of aldehydes is 1. The zero-order valence-electron chi connectivity index (χ0n) is 5.15. The van der Waals surface area contributed by atoms with Gasteiger partial charge in [0.25, 0.3) is 0 Å². The van der Waals surface area contributed by atoms with Gasteiger partial charge in [-0.3, -0.25) is 0 Å². The number of nitrogens with zero attached hydrogens (tertiary/aromatic N) is 1. The summed E-state index contributed by atoms with van der Waals surface area (Å²) in [6.45, 7) is 0. The molecule has 1 heterocycles. The summed E-state index contributed by atoms with van der Waals surface area (Å²) in [6, 6.07) is 5.51. The number of hydrogen-bond acceptors (Lipinski definition) is 3. The number of thiophene rings is 1. The van der Waals surface area contributed by atoms with Gasteiger partial charge in [0.2, 0.25) is 0 Å². The molecule has 1 unspecified atom stereocenters. The van der Waals surface area contributed by atoms with E-state index < -0.39 is 5.92 Å². The molecule has 1 atom stereocenters. The fourth-order valence-electron chi connectivity index (χ4n) is 0.629. The molecule has 0 aliphatic rings. The van der Waals surface area contributed by atoms with Crippen molar-refractivity contribution in [3.05, 3.63) is 22.4 Å². The van der Waals surface area contributed by atoms with E-state index in [1.54, 1.807) is 6.07 Å². The van der Waals surface area contributed by atoms with E-state index in [1.165, 1.54) is 11.3 Å². The molecular formula is C7H5NOS. The highest BCUT2D eigenvalue weighted by Crippen LogP contribution is 2.17. The van der Waals surface area contributed by atoms with E-state index in [1.807, 2.05) is 17.5 Å². The third-order valence-electron chi connectivity index (χ3n) is 1.12. The van der Waals surface area contributed by atoms with Crippen LogP contribution in [0.4, 0.5) is 0 Å². The number of carbonyl (C=O) groups is 1. The van der Waals surface area contributed by atoms with Crippen molar-refractivity contribution in [3.63, 3.8) is 0 Å². The Morgan fingerprint density at radius 1 is 1.80 bits per heavy atom. The van der Waals surface area contributed by atoms with Crippen LogP contribution in [-0.4, -0.2) is 6.29 Å². The third kappa shape index (κ3) is 1.23. The fourth-order valence-corrected chi connectivity index (χ4v) is 1.36. The molecule has 1 aromatic heterocycles.